The number of amides is 1. The number of carbonyl (C=O) groups excluding carboxylic acids is 1. The Balaban J connectivity index is 1.66. The molecule has 0 spiro atoms. The van der Waals surface area contributed by atoms with Crippen molar-refractivity contribution in [2.45, 2.75) is 38.6 Å². The minimum Gasteiger partial charge on any atom is -0.495 e. The van der Waals surface area contributed by atoms with Gasteiger partial charge in [0.25, 0.3) is 0 Å². The van der Waals surface area contributed by atoms with Gasteiger partial charge in [-0.2, -0.15) is 0 Å². The van der Waals surface area contributed by atoms with E-state index in [1.165, 1.54) is 0 Å². The van der Waals surface area contributed by atoms with E-state index >= 15 is 0 Å². The second-order valence-electron chi connectivity index (χ2n) is 7.94. The summed E-state index contributed by atoms with van der Waals surface area (Å²) >= 11 is 0. The number of hydrogen-bond donors (Lipinski definition) is 1. The van der Waals surface area contributed by atoms with E-state index in [1.807, 2.05) is 30.3 Å². The van der Waals surface area contributed by atoms with Crippen molar-refractivity contribution in [2.75, 3.05) is 44.7 Å². The Labute approximate surface area is 181 Å². The van der Waals surface area contributed by atoms with Crippen molar-refractivity contribution in [1.82, 2.24) is 10.2 Å². The lowest BCUT2D eigenvalue weighted by molar-refractivity contribution is -0.123. The van der Waals surface area contributed by atoms with Gasteiger partial charge < -0.3 is 15.0 Å². The van der Waals surface area contributed by atoms with Crippen LogP contribution in [0.1, 0.15) is 38.2 Å². The number of nitrogens with zero attached hydrogens (tertiary/aromatic N) is 2. The lowest BCUT2D eigenvalue weighted by atomic mass is 9.96. The van der Waals surface area contributed by atoms with Crippen LogP contribution in [-0.2, 0) is 4.79 Å². The Morgan fingerprint density at radius 3 is 2.23 bits per heavy atom. The molecule has 0 aromatic heterocycles. The van der Waals surface area contributed by atoms with Gasteiger partial charge in [0.15, 0.2) is 0 Å². The highest BCUT2D eigenvalue weighted by atomic mass is 16.5. The van der Waals surface area contributed by atoms with Crippen LogP contribution < -0.4 is 15.0 Å². The van der Waals surface area contributed by atoms with E-state index in [2.05, 4.69) is 53.2 Å². The number of ether oxygens (including phenoxy) is 1. The molecule has 1 aliphatic heterocycles. The molecule has 1 unspecified atom stereocenters. The molecule has 162 valence electrons. The molecule has 1 atom stereocenters. The summed E-state index contributed by atoms with van der Waals surface area (Å²) in [5, 5.41) is 3.26. The third kappa shape index (κ3) is 5.54. The molecule has 5 heteroatoms. The van der Waals surface area contributed by atoms with Crippen molar-refractivity contribution in [3.05, 3.63) is 60.2 Å². The average Bonchev–Trinajstić information content (AvgIpc) is 2.81. The van der Waals surface area contributed by atoms with Crippen LogP contribution in [0.15, 0.2) is 54.6 Å². The second kappa shape index (κ2) is 11.0. The number of para-hydroxylation sites is 2. The number of rotatable bonds is 9. The van der Waals surface area contributed by atoms with Crippen LogP contribution in [0.25, 0.3) is 0 Å². The number of benzene rings is 2. The van der Waals surface area contributed by atoms with E-state index in [1.54, 1.807) is 7.11 Å². The zero-order valence-corrected chi connectivity index (χ0v) is 18.5. The minimum absolute atomic E-state index is 0.141. The molecule has 1 fully saturated rings. The molecule has 3 rings (SSSR count). The zero-order valence-electron chi connectivity index (χ0n) is 18.5. The Morgan fingerprint density at radius 2 is 1.60 bits per heavy atom. The second-order valence-corrected chi connectivity index (χ2v) is 7.94. The summed E-state index contributed by atoms with van der Waals surface area (Å²) < 4.78 is 5.53. The van der Waals surface area contributed by atoms with Gasteiger partial charge >= 0.3 is 0 Å². The predicted octanol–water partition coefficient (Wildman–Crippen LogP) is 3.91. The first-order valence-electron chi connectivity index (χ1n) is 11.1. The quantitative estimate of drug-likeness (QED) is 0.682. The van der Waals surface area contributed by atoms with Gasteiger partial charge in [-0.25, -0.2) is 0 Å². The van der Waals surface area contributed by atoms with Gasteiger partial charge in [0.1, 0.15) is 5.75 Å². The molecule has 0 bridgehead atoms. The molecule has 0 aliphatic carbocycles. The first-order chi connectivity index (χ1) is 14.7. The van der Waals surface area contributed by atoms with Gasteiger partial charge in [-0.05, 0) is 30.5 Å². The van der Waals surface area contributed by atoms with Crippen molar-refractivity contribution in [1.29, 1.82) is 0 Å². The minimum atomic E-state index is -0.149. The van der Waals surface area contributed by atoms with E-state index in [0.29, 0.717) is 0 Å². The maximum absolute atomic E-state index is 13.2. The number of methoxy groups -OCH3 is 1. The van der Waals surface area contributed by atoms with Crippen molar-refractivity contribution >= 4 is 11.6 Å². The maximum Gasteiger partial charge on any atom is 0.229 e. The van der Waals surface area contributed by atoms with Crippen LogP contribution in [0, 0.1) is 0 Å². The van der Waals surface area contributed by atoms with E-state index in [9.17, 15) is 4.79 Å². The molecule has 0 radical (unpaired) electrons. The lowest BCUT2D eigenvalue weighted by Gasteiger charge is -2.38. The molecule has 1 aliphatic rings. The smallest absolute Gasteiger partial charge is 0.229 e. The van der Waals surface area contributed by atoms with Gasteiger partial charge in [0.2, 0.25) is 5.91 Å². The fraction of sp³-hybridized carbons (Fsp3) is 0.480. The summed E-state index contributed by atoms with van der Waals surface area (Å²) in [4.78, 5) is 17.9. The van der Waals surface area contributed by atoms with E-state index < -0.39 is 0 Å². The molecule has 2 aromatic carbocycles. The van der Waals surface area contributed by atoms with Crippen molar-refractivity contribution < 1.29 is 9.53 Å². The summed E-state index contributed by atoms with van der Waals surface area (Å²) in [6, 6.07) is 18.6. The maximum atomic E-state index is 13.2. The largest absolute Gasteiger partial charge is 0.495 e. The number of hydrogen-bond acceptors (Lipinski definition) is 4. The molecule has 2 aromatic rings. The van der Waals surface area contributed by atoms with Crippen LogP contribution >= 0.6 is 0 Å². The predicted molar refractivity (Wildman–Crippen MR) is 123 cm³/mol. The summed E-state index contributed by atoms with van der Waals surface area (Å²) in [6.07, 6.45) is 1.92. The first kappa shape index (κ1) is 22.2. The van der Waals surface area contributed by atoms with E-state index in [-0.39, 0.29) is 17.9 Å². The number of anilines is 1. The topological polar surface area (TPSA) is 44.8 Å². The summed E-state index contributed by atoms with van der Waals surface area (Å²) in [7, 11) is 1.72. The van der Waals surface area contributed by atoms with Gasteiger partial charge in [-0.1, -0.05) is 56.3 Å². The summed E-state index contributed by atoms with van der Waals surface area (Å²) in [5.74, 6) is 0.907. The number of piperazine rings is 1. The zero-order chi connectivity index (χ0) is 21.3. The normalized spacial score (nSPS) is 15.8. The number of nitrogens with one attached hydrogen (secondary N) is 1. The summed E-state index contributed by atoms with van der Waals surface area (Å²) in [5.41, 5.74) is 2.24. The van der Waals surface area contributed by atoms with Crippen molar-refractivity contribution in [2.24, 2.45) is 0 Å². The molecule has 1 heterocycles. The highest BCUT2D eigenvalue weighted by Crippen LogP contribution is 2.29. The first-order valence-corrected chi connectivity index (χ1v) is 11.1. The lowest BCUT2D eigenvalue weighted by Crippen LogP contribution is -2.49. The molecule has 1 saturated heterocycles. The van der Waals surface area contributed by atoms with Crippen molar-refractivity contribution in [3.8, 4) is 5.75 Å². The van der Waals surface area contributed by atoms with Gasteiger partial charge in [-0.3, -0.25) is 9.69 Å². The number of carbonyl (C=O) groups is 1. The SMILES string of the molecule is CCC(CC)NC(=O)C(CN1CCN(c2ccccc2OC)CC1)c1ccccc1. The van der Waals surface area contributed by atoms with Gasteiger partial charge in [0.05, 0.1) is 18.7 Å². The molecule has 30 heavy (non-hydrogen) atoms. The van der Waals surface area contributed by atoms with E-state index in [0.717, 1.165) is 62.6 Å². The van der Waals surface area contributed by atoms with Crippen LogP contribution in [-0.4, -0.2) is 56.7 Å². The standard InChI is InChI=1S/C25H35N3O2/c1-4-21(5-2)26-25(29)22(20-11-7-6-8-12-20)19-27-15-17-28(18-16-27)23-13-9-10-14-24(23)30-3/h6-14,21-22H,4-5,15-19H2,1-3H3,(H,26,29). The summed E-state index contributed by atoms with van der Waals surface area (Å²) in [6.45, 7) is 8.72. The molecule has 1 N–H and O–H groups in total. The fourth-order valence-electron chi connectivity index (χ4n) is 4.14. The highest BCUT2D eigenvalue weighted by Gasteiger charge is 2.27. The molecule has 1 amide bonds. The molecule has 5 nitrogen and oxygen atoms in total. The average molecular weight is 410 g/mol. The van der Waals surface area contributed by atoms with Crippen LogP contribution in [0.3, 0.4) is 0 Å². The fourth-order valence-corrected chi connectivity index (χ4v) is 4.14. The van der Waals surface area contributed by atoms with Crippen molar-refractivity contribution in [3.63, 3.8) is 0 Å². The van der Waals surface area contributed by atoms with Crippen LogP contribution in [0.5, 0.6) is 5.75 Å². The third-order valence-corrected chi connectivity index (χ3v) is 6.09. The monoisotopic (exact) mass is 409 g/mol. The Bertz CT molecular complexity index is 784. The molecular weight excluding hydrogens is 374 g/mol. The highest BCUT2D eigenvalue weighted by molar-refractivity contribution is 5.84. The van der Waals surface area contributed by atoms with Gasteiger partial charge in [0, 0.05) is 38.8 Å². The van der Waals surface area contributed by atoms with Crippen LogP contribution in [0.4, 0.5) is 5.69 Å². The third-order valence-electron chi connectivity index (χ3n) is 6.09. The Morgan fingerprint density at radius 1 is 0.967 bits per heavy atom. The van der Waals surface area contributed by atoms with Gasteiger partial charge in [-0.15, -0.1) is 0 Å². The molecular formula is C25H35N3O2. The molecule has 0 saturated carbocycles. The van der Waals surface area contributed by atoms with Crippen LogP contribution in [0.2, 0.25) is 0 Å². The Kier molecular flexibility index (Phi) is 8.14. The van der Waals surface area contributed by atoms with E-state index in [4.69, 9.17) is 4.74 Å². The Hall–Kier alpha value is -2.53.